The third-order valence-corrected chi connectivity index (χ3v) is 3.92. The van der Waals surface area contributed by atoms with Gasteiger partial charge in [-0.25, -0.2) is 4.99 Å². The lowest BCUT2D eigenvalue weighted by Gasteiger charge is -2.20. The molecular formula is C16H17N5O. The number of hydrogen-bond acceptors (Lipinski definition) is 5. The molecule has 0 fully saturated rings. The van der Waals surface area contributed by atoms with Gasteiger partial charge >= 0.3 is 0 Å². The monoisotopic (exact) mass is 295 g/mol. The summed E-state index contributed by atoms with van der Waals surface area (Å²) in [7, 11) is 1.61. The molecule has 6 heteroatoms. The van der Waals surface area contributed by atoms with Crippen LogP contribution in [0.15, 0.2) is 47.7 Å². The maximum absolute atomic E-state index is 12.4. The number of aromatic nitrogens is 1. The van der Waals surface area contributed by atoms with Gasteiger partial charge in [0, 0.05) is 36.3 Å². The molecule has 1 unspecified atom stereocenters. The highest BCUT2D eigenvalue weighted by atomic mass is 16.2. The Labute approximate surface area is 128 Å². The van der Waals surface area contributed by atoms with Crippen LogP contribution in [-0.2, 0) is 10.3 Å². The van der Waals surface area contributed by atoms with Crippen LogP contribution in [0.5, 0.6) is 0 Å². The second-order valence-corrected chi connectivity index (χ2v) is 5.49. The number of nitrogens with zero attached hydrogens (tertiary/aromatic N) is 3. The maximum atomic E-state index is 12.4. The van der Waals surface area contributed by atoms with Crippen molar-refractivity contribution < 1.29 is 4.79 Å². The fourth-order valence-electron chi connectivity index (χ4n) is 2.55. The van der Waals surface area contributed by atoms with E-state index in [4.69, 9.17) is 11.5 Å². The van der Waals surface area contributed by atoms with Gasteiger partial charge in [0.15, 0.2) is 11.5 Å². The fourth-order valence-corrected chi connectivity index (χ4v) is 2.55. The number of nitrogens with two attached hydrogens (primary N) is 2. The minimum atomic E-state index is -1.04. The molecule has 1 atom stereocenters. The molecule has 1 aromatic carbocycles. The van der Waals surface area contributed by atoms with Gasteiger partial charge in [0.1, 0.15) is 0 Å². The van der Waals surface area contributed by atoms with Crippen molar-refractivity contribution in [1.29, 1.82) is 0 Å². The summed E-state index contributed by atoms with van der Waals surface area (Å²) in [5, 5.41) is 0. The number of anilines is 1. The number of carbonyl (C=O) groups excluding carboxylic acids is 1. The predicted molar refractivity (Wildman–Crippen MR) is 85.8 cm³/mol. The molecule has 112 valence electrons. The van der Waals surface area contributed by atoms with E-state index in [2.05, 4.69) is 9.98 Å². The van der Waals surface area contributed by atoms with Gasteiger partial charge in [-0.3, -0.25) is 14.7 Å². The number of amides is 1. The molecule has 0 saturated carbocycles. The molecule has 0 bridgehead atoms. The smallest absolute Gasteiger partial charge is 0.261 e. The van der Waals surface area contributed by atoms with E-state index in [1.165, 1.54) is 4.90 Å². The first-order chi connectivity index (χ1) is 10.4. The minimum absolute atomic E-state index is 0.170. The molecular weight excluding hydrogens is 278 g/mol. The number of hydrogen-bond donors (Lipinski definition) is 2. The van der Waals surface area contributed by atoms with Crippen molar-refractivity contribution >= 4 is 17.6 Å². The molecule has 2 aromatic rings. The van der Waals surface area contributed by atoms with Crippen LogP contribution in [0.2, 0.25) is 0 Å². The van der Waals surface area contributed by atoms with Gasteiger partial charge in [-0.1, -0.05) is 12.1 Å². The molecule has 1 aliphatic heterocycles. The maximum Gasteiger partial charge on any atom is 0.261 e. The molecule has 22 heavy (non-hydrogen) atoms. The topological polar surface area (TPSA) is 97.6 Å². The summed E-state index contributed by atoms with van der Waals surface area (Å²) < 4.78 is 0. The third kappa shape index (κ3) is 2.09. The molecule has 2 heterocycles. The number of nitrogen functional groups attached to an aromatic ring is 1. The van der Waals surface area contributed by atoms with E-state index in [1.54, 1.807) is 26.4 Å². The van der Waals surface area contributed by atoms with Gasteiger partial charge in [0.05, 0.1) is 0 Å². The van der Waals surface area contributed by atoms with Gasteiger partial charge in [-0.05, 0) is 30.7 Å². The summed E-state index contributed by atoms with van der Waals surface area (Å²) in [6.45, 7) is 1.74. The number of aliphatic imine (C=N–C) groups is 1. The molecule has 0 saturated heterocycles. The van der Waals surface area contributed by atoms with Gasteiger partial charge in [0.2, 0.25) is 0 Å². The van der Waals surface area contributed by atoms with Crippen molar-refractivity contribution in [1.82, 2.24) is 9.88 Å². The van der Waals surface area contributed by atoms with Gasteiger partial charge in [0.25, 0.3) is 5.91 Å². The number of pyridine rings is 1. The summed E-state index contributed by atoms with van der Waals surface area (Å²) in [6.07, 6.45) is 3.38. The average molecular weight is 295 g/mol. The molecule has 0 spiro atoms. The lowest BCUT2D eigenvalue weighted by Crippen LogP contribution is -2.38. The second-order valence-electron chi connectivity index (χ2n) is 5.49. The quantitative estimate of drug-likeness (QED) is 0.817. The summed E-state index contributed by atoms with van der Waals surface area (Å²) in [6, 6.07) is 9.41. The average Bonchev–Trinajstić information content (AvgIpc) is 2.72. The van der Waals surface area contributed by atoms with Gasteiger partial charge < -0.3 is 11.5 Å². The summed E-state index contributed by atoms with van der Waals surface area (Å²) in [5.41, 5.74) is 13.7. The highest BCUT2D eigenvalue weighted by Gasteiger charge is 2.44. The van der Waals surface area contributed by atoms with E-state index in [9.17, 15) is 4.79 Å². The number of likely N-dealkylation sites (N-methyl/N-ethyl adjacent to an activating group) is 1. The third-order valence-electron chi connectivity index (χ3n) is 3.92. The Kier molecular flexibility index (Phi) is 3.09. The van der Waals surface area contributed by atoms with Crippen molar-refractivity contribution in [3.63, 3.8) is 0 Å². The minimum Gasteiger partial charge on any atom is -0.399 e. The van der Waals surface area contributed by atoms with Crippen molar-refractivity contribution in [3.8, 4) is 11.1 Å². The summed E-state index contributed by atoms with van der Waals surface area (Å²) >= 11 is 0. The zero-order valence-corrected chi connectivity index (χ0v) is 12.4. The molecule has 0 aliphatic carbocycles. The van der Waals surface area contributed by atoms with E-state index < -0.39 is 5.54 Å². The first kappa shape index (κ1) is 14.1. The van der Waals surface area contributed by atoms with E-state index in [1.807, 2.05) is 30.3 Å². The molecule has 0 radical (unpaired) electrons. The zero-order valence-electron chi connectivity index (χ0n) is 12.4. The van der Waals surface area contributed by atoms with E-state index in [0.717, 1.165) is 11.1 Å². The number of guanidine groups is 1. The van der Waals surface area contributed by atoms with Crippen LogP contribution in [0.3, 0.4) is 0 Å². The largest absolute Gasteiger partial charge is 0.399 e. The lowest BCUT2D eigenvalue weighted by molar-refractivity contribution is -0.130. The van der Waals surface area contributed by atoms with Crippen molar-refractivity contribution in [3.05, 3.63) is 48.3 Å². The Morgan fingerprint density at radius 3 is 2.55 bits per heavy atom. The van der Waals surface area contributed by atoms with Crippen molar-refractivity contribution in [2.45, 2.75) is 12.5 Å². The van der Waals surface area contributed by atoms with Crippen LogP contribution in [-0.4, -0.2) is 28.8 Å². The van der Waals surface area contributed by atoms with Crippen LogP contribution in [0.25, 0.3) is 11.1 Å². The van der Waals surface area contributed by atoms with Gasteiger partial charge in [-0.15, -0.1) is 0 Å². The first-order valence-corrected chi connectivity index (χ1v) is 6.87. The van der Waals surface area contributed by atoms with Crippen LogP contribution >= 0.6 is 0 Å². The highest BCUT2D eigenvalue weighted by Crippen LogP contribution is 2.33. The van der Waals surface area contributed by atoms with Crippen molar-refractivity contribution in [2.75, 3.05) is 12.8 Å². The molecule has 1 aliphatic rings. The summed E-state index contributed by atoms with van der Waals surface area (Å²) in [4.78, 5) is 22.3. The molecule has 6 nitrogen and oxygen atoms in total. The van der Waals surface area contributed by atoms with Crippen LogP contribution in [0.1, 0.15) is 12.5 Å². The standard InChI is InChI=1S/C16H17N5O/c1-16(14(22)21(2)15(18)20-16)12-6-11(8-19-9-12)10-4-3-5-13(17)7-10/h3-9H,17H2,1-2H3,(H2,18,20). The number of benzene rings is 1. The van der Waals surface area contributed by atoms with E-state index in [-0.39, 0.29) is 11.9 Å². The number of rotatable bonds is 2. The molecule has 1 aromatic heterocycles. The Balaban J connectivity index is 2.08. The van der Waals surface area contributed by atoms with Crippen molar-refractivity contribution in [2.24, 2.45) is 10.7 Å². The molecule has 3 rings (SSSR count). The van der Waals surface area contributed by atoms with Crippen LogP contribution in [0.4, 0.5) is 5.69 Å². The molecule has 1 amide bonds. The predicted octanol–water partition coefficient (Wildman–Crippen LogP) is 1.33. The summed E-state index contributed by atoms with van der Waals surface area (Å²) in [5.74, 6) is 0.0402. The second kappa shape index (κ2) is 4.84. The van der Waals surface area contributed by atoms with Crippen LogP contribution < -0.4 is 11.5 Å². The first-order valence-electron chi connectivity index (χ1n) is 6.87. The van der Waals surface area contributed by atoms with Crippen LogP contribution in [0, 0.1) is 0 Å². The highest BCUT2D eigenvalue weighted by molar-refractivity contribution is 6.06. The Hall–Kier alpha value is -2.89. The SMILES string of the molecule is CN1C(=O)C(C)(c2cncc(-c3cccc(N)c3)c2)N=C1N. The fraction of sp³-hybridized carbons (Fsp3) is 0.188. The van der Waals surface area contributed by atoms with E-state index >= 15 is 0 Å². The van der Waals surface area contributed by atoms with Gasteiger partial charge in [-0.2, -0.15) is 0 Å². The number of carbonyl (C=O) groups is 1. The zero-order chi connectivity index (χ0) is 15.9. The normalized spacial score (nSPS) is 21.1. The Morgan fingerprint density at radius 2 is 1.91 bits per heavy atom. The molecule has 4 N–H and O–H groups in total. The lowest BCUT2D eigenvalue weighted by atomic mass is 9.91. The Morgan fingerprint density at radius 1 is 1.14 bits per heavy atom. The van der Waals surface area contributed by atoms with E-state index in [0.29, 0.717) is 11.3 Å². The Bertz CT molecular complexity index is 786.